The number of hydrogen-bond acceptors (Lipinski definition) is 1. The van der Waals surface area contributed by atoms with Crippen LogP contribution in [0.4, 0.5) is 5.69 Å². The largest absolute Gasteiger partial charge is 0.350 e. The second kappa shape index (κ2) is 5.67. The van der Waals surface area contributed by atoms with E-state index >= 15 is 0 Å². The third kappa shape index (κ3) is 2.58. The molecule has 0 radical (unpaired) electrons. The van der Waals surface area contributed by atoms with E-state index in [-0.39, 0.29) is 5.91 Å². The molecule has 2 N–H and O–H groups in total. The summed E-state index contributed by atoms with van der Waals surface area (Å²) in [5, 5.41) is 4.63. The zero-order valence-corrected chi connectivity index (χ0v) is 13.6. The number of aromatic nitrogens is 1. The van der Waals surface area contributed by atoms with Gasteiger partial charge in [-0.15, -0.1) is 0 Å². The first-order valence-corrected chi connectivity index (χ1v) is 7.57. The Labute approximate surface area is 138 Å². The number of halogens is 2. The average Bonchev–Trinajstić information content (AvgIpc) is 2.80. The lowest BCUT2D eigenvalue weighted by atomic mass is 10.1. The molecule has 0 unspecified atom stereocenters. The molecule has 5 heteroatoms. The molecule has 0 aliphatic rings. The summed E-state index contributed by atoms with van der Waals surface area (Å²) < 4.78 is 0. The second-order valence-corrected chi connectivity index (χ2v) is 6.04. The highest BCUT2D eigenvalue weighted by atomic mass is 35.5. The van der Waals surface area contributed by atoms with E-state index in [4.69, 9.17) is 23.2 Å². The number of hydrogen-bond donors (Lipinski definition) is 2. The van der Waals surface area contributed by atoms with Crippen molar-refractivity contribution < 1.29 is 4.79 Å². The fraction of sp³-hybridized carbons (Fsp3) is 0.118. The van der Waals surface area contributed by atoms with Crippen LogP contribution in [0.1, 0.15) is 21.6 Å². The van der Waals surface area contributed by atoms with Crippen LogP contribution in [0, 0.1) is 13.8 Å². The molecule has 0 saturated carbocycles. The number of aryl methyl sites for hydroxylation is 2. The second-order valence-electron chi connectivity index (χ2n) is 5.22. The lowest BCUT2D eigenvalue weighted by molar-refractivity contribution is 0.102. The maximum Gasteiger partial charge on any atom is 0.272 e. The van der Waals surface area contributed by atoms with Gasteiger partial charge in [-0.3, -0.25) is 4.79 Å². The molecule has 1 aromatic heterocycles. The van der Waals surface area contributed by atoms with Gasteiger partial charge in [0.2, 0.25) is 0 Å². The number of anilines is 1. The number of fused-ring (bicyclic) bond motifs is 1. The van der Waals surface area contributed by atoms with Gasteiger partial charge in [0.25, 0.3) is 5.91 Å². The van der Waals surface area contributed by atoms with Gasteiger partial charge in [0.15, 0.2) is 0 Å². The Morgan fingerprint density at radius 1 is 1.09 bits per heavy atom. The van der Waals surface area contributed by atoms with E-state index < -0.39 is 0 Å². The Morgan fingerprint density at radius 2 is 1.77 bits per heavy atom. The van der Waals surface area contributed by atoms with Gasteiger partial charge in [0.05, 0.1) is 15.7 Å². The number of nitrogens with one attached hydrogen (secondary N) is 2. The van der Waals surface area contributed by atoms with Gasteiger partial charge in [-0.25, -0.2) is 0 Å². The number of H-pyrrole nitrogens is 1. The number of carbonyl (C=O) groups is 1. The van der Waals surface area contributed by atoms with Crippen molar-refractivity contribution in [1.29, 1.82) is 0 Å². The minimum atomic E-state index is -0.263. The molecule has 112 valence electrons. The summed E-state index contributed by atoms with van der Waals surface area (Å²) in [6, 6.07) is 11.1. The Kier molecular flexibility index (Phi) is 3.85. The smallest absolute Gasteiger partial charge is 0.272 e. The summed E-state index contributed by atoms with van der Waals surface area (Å²) >= 11 is 12.2. The zero-order chi connectivity index (χ0) is 15.9. The third-order valence-corrected chi connectivity index (χ3v) is 4.27. The number of carbonyl (C=O) groups excluding carboxylic acids is 1. The van der Waals surface area contributed by atoms with Gasteiger partial charge >= 0.3 is 0 Å². The van der Waals surface area contributed by atoms with Crippen molar-refractivity contribution in [3.05, 3.63) is 63.3 Å². The van der Waals surface area contributed by atoms with E-state index in [1.54, 1.807) is 18.2 Å². The predicted octanol–water partition coefficient (Wildman–Crippen LogP) is 5.34. The van der Waals surface area contributed by atoms with Crippen LogP contribution in [0.3, 0.4) is 0 Å². The standard InChI is InChI=1S/C17H14Cl2N2O/c1-9-6-7-14-11(8-9)10(2)15(20-14)17(22)21-16-12(18)4-3-5-13(16)19/h3-8,20H,1-2H3,(H,21,22). The molecule has 0 saturated heterocycles. The van der Waals surface area contributed by atoms with Gasteiger partial charge in [-0.1, -0.05) is 40.9 Å². The quantitative estimate of drug-likeness (QED) is 0.653. The Hall–Kier alpha value is -1.97. The number of para-hydroxylation sites is 1. The van der Waals surface area contributed by atoms with Crippen LogP contribution in [-0.2, 0) is 0 Å². The molecule has 0 atom stereocenters. The fourth-order valence-electron chi connectivity index (χ4n) is 2.46. The van der Waals surface area contributed by atoms with E-state index in [1.165, 1.54) is 0 Å². The lowest BCUT2D eigenvalue weighted by Gasteiger charge is -2.08. The van der Waals surface area contributed by atoms with Crippen LogP contribution in [-0.4, -0.2) is 10.9 Å². The molecule has 3 rings (SSSR count). The molecule has 2 aromatic carbocycles. The van der Waals surface area contributed by atoms with Crippen molar-refractivity contribution in [3.8, 4) is 0 Å². The maximum absolute atomic E-state index is 12.5. The number of aromatic amines is 1. The number of rotatable bonds is 2. The number of benzene rings is 2. The first-order chi connectivity index (χ1) is 10.5. The molecule has 22 heavy (non-hydrogen) atoms. The monoisotopic (exact) mass is 332 g/mol. The topological polar surface area (TPSA) is 44.9 Å². The molecule has 0 aliphatic carbocycles. The summed E-state index contributed by atoms with van der Waals surface area (Å²) in [5.41, 5.74) is 3.91. The molecule has 0 bridgehead atoms. The summed E-state index contributed by atoms with van der Waals surface area (Å²) in [6.07, 6.45) is 0. The molecule has 0 fully saturated rings. The van der Waals surface area contributed by atoms with E-state index in [0.717, 1.165) is 22.0 Å². The van der Waals surface area contributed by atoms with E-state index in [1.807, 2.05) is 26.0 Å². The Bertz CT molecular complexity index is 863. The van der Waals surface area contributed by atoms with Crippen LogP contribution < -0.4 is 5.32 Å². The first kappa shape index (κ1) is 14.9. The van der Waals surface area contributed by atoms with Gasteiger partial charge in [-0.2, -0.15) is 0 Å². The third-order valence-electron chi connectivity index (χ3n) is 3.64. The van der Waals surface area contributed by atoms with Crippen LogP contribution in [0.2, 0.25) is 10.0 Å². The Morgan fingerprint density at radius 3 is 2.45 bits per heavy atom. The fourth-order valence-corrected chi connectivity index (χ4v) is 2.95. The predicted molar refractivity (Wildman–Crippen MR) is 92.2 cm³/mol. The summed E-state index contributed by atoms with van der Waals surface area (Å²) in [6.45, 7) is 3.94. The summed E-state index contributed by atoms with van der Waals surface area (Å²) in [7, 11) is 0. The van der Waals surface area contributed by atoms with Gasteiger partial charge in [-0.05, 0) is 43.7 Å². The van der Waals surface area contributed by atoms with Crippen molar-refractivity contribution in [2.45, 2.75) is 13.8 Å². The van der Waals surface area contributed by atoms with Crippen molar-refractivity contribution in [3.63, 3.8) is 0 Å². The van der Waals surface area contributed by atoms with Gasteiger partial charge in [0, 0.05) is 10.9 Å². The van der Waals surface area contributed by atoms with Gasteiger partial charge in [0.1, 0.15) is 5.69 Å². The molecular weight excluding hydrogens is 319 g/mol. The lowest BCUT2D eigenvalue weighted by Crippen LogP contribution is -2.14. The Balaban J connectivity index is 2.01. The van der Waals surface area contributed by atoms with Gasteiger partial charge < -0.3 is 10.3 Å². The van der Waals surface area contributed by atoms with Crippen molar-refractivity contribution in [2.75, 3.05) is 5.32 Å². The molecule has 0 spiro atoms. The zero-order valence-electron chi connectivity index (χ0n) is 12.1. The summed E-state index contributed by atoms with van der Waals surface area (Å²) in [5.74, 6) is -0.263. The molecule has 1 heterocycles. The van der Waals surface area contributed by atoms with E-state index in [9.17, 15) is 4.79 Å². The molecule has 3 aromatic rings. The van der Waals surface area contributed by atoms with Crippen molar-refractivity contribution in [1.82, 2.24) is 4.98 Å². The normalized spacial score (nSPS) is 10.9. The highest BCUT2D eigenvalue weighted by Crippen LogP contribution is 2.31. The SMILES string of the molecule is Cc1ccc2[nH]c(C(=O)Nc3c(Cl)cccc3Cl)c(C)c2c1. The van der Waals surface area contributed by atoms with Crippen LogP contribution in [0.5, 0.6) is 0 Å². The van der Waals surface area contributed by atoms with E-state index in [2.05, 4.69) is 16.4 Å². The molecule has 1 amide bonds. The average molecular weight is 333 g/mol. The van der Waals surface area contributed by atoms with Crippen molar-refractivity contribution in [2.24, 2.45) is 0 Å². The van der Waals surface area contributed by atoms with E-state index in [0.29, 0.717) is 21.4 Å². The highest BCUT2D eigenvalue weighted by molar-refractivity contribution is 6.40. The molecule has 0 aliphatic heterocycles. The van der Waals surface area contributed by atoms with Crippen LogP contribution >= 0.6 is 23.2 Å². The summed E-state index contributed by atoms with van der Waals surface area (Å²) in [4.78, 5) is 15.7. The van der Waals surface area contributed by atoms with Crippen LogP contribution in [0.25, 0.3) is 10.9 Å². The minimum absolute atomic E-state index is 0.263. The molecular formula is C17H14Cl2N2O. The maximum atomic E-state index is 12.5. The minimum Gasteiger partial charge on any atom is -0.350 e. The number of amides is 1. The van der Waals surface area contributed by atoms with Crippen molar-refractivity contribution >= 4 is 45.7 Å². The highest BCUT2D eigenvalue weighted by Gasteiger charge is 2.17. The van der Waals surface area contributed by atoms with Crippen LogP contribution in [0.15, 0.2) is 36.4 Å². The first-order valence-electron chi connectivity index (χ1n) is 6.81. The molecule has 3 nitrogen and oxygen atoms in total.